The van der Waals surface area contributed by atoms with Crippen molar-refractivity contribution in [1.29, 1.82) is 0 Å². The smallest absolute Gasteiger partial charge is 0.119 e. The van der Waals surface area contributed by atoms with E-state index in [4.69, 9.17) is 4.74 Å². The van der Waals surface area contributed by atoms with E-state index in [1.165, 1.54) is 0 Å². The lowest BCUT2D eigenvalue weighted by Gasteiger charge is -2.12. The lowest BCUT2D eigenvalue weighted by Crippen LogP contribution is -2.09. The first-order valence-corrected chi connectivity index (χ1v) is 6.01. The number of aliphatic hydroxyl groups is 1. The first kappa shape index (κ1) is 12.1. The lowest BCUT2D eigenvalue weighted by molar-refractivity contribution is 0.108. The molecule has 2 rings (SSSR count). The second-order valence-corrected chi connectivity index (χ2v) is 4.48. The summed E-state index contributed by atoms with van der Waals surface area (Å²) in [6.45, 7) is 0.216. The van der Waals surface area contributed by atoms with Crippen molar-refractivity contribution < 1.29 is 9.84 Å². The van der Waals surface area contributed by atoms with Crippen molar-refractivity contribution in [1.82, 2.24) is 4.98 Å². The number of pyridine rings is 1. The van der Waals surface area contributed by atoms with E-state index in [9.17, 15) is 5.11 Å². The van der Waals surface area contributed by atoms with E-state index < -0.39 is 6.10 Å². The van der Waals surface area contributed by atoms with Gasteiger partial charge in [0.2, 0.25) is 0 Å². The van der Waals surface area contributed by atoms with E-state index in [1.54, 1.807) is 18.5 Å². The Morgan fingerprint density at radius 2 is 2.00 bits per heavy atom. The highest BCUT2D eigenvalue weighted by Gasteiger charge is 2.07. The molecule has 0 radical (unpaired) electrons. The third-order valence-corrected chi connectivity index (χ3v) is 2.82. The summed E-state index contributed by atoms with van der Waals surface area (Å²) in [7, 11) is 0. The summed E-state index contributed by atoms with van der Waals surface area (Å²) in [5.41, 5.74) is 0.754. The van der Waals surface area contributed by atoms with Crippen LogP contribution in [0.4, 0.5) is 0 Å². The topological polar surface area (TPSA) is 42.4 Å². The monoisotopic (exact) mass is 293 g/mol. The molecule has 88 valence electrons. The molecular formula is C13H12BrNO2. The van der Waals surface area contributed by atoms with Crippen LogP contribution in [-0.2, 0) is 0 Å². The lowest BCUT2D eigenvalue weighted by atomic mass is 10.2. The molecule has 0 bridgehead atoms. The van der Waals surface area contributed by atoms with Gasteiger partial charge in [-0.15, -0.1) is 0 Å². The van der Waals surface area contributed by atoms with Gasteiger partial charge in [0, 0.05) is 22.4 Å². The molecule has 3 nitrogen and oxygen atoms in total. The average molecular weight is 294 g/mol. The Labute approximate surface area is 108 Å². The molecule has 1 heterocycles. The minimum absolute atomic E-state index is 0.216. The molecule has 1 aromatic heterocycles. The van der Waals surface area contributed by atoms with Crippen molar-refractivity contribution in [3.63, 3.8) is 0 Å². The van der Waals surface area contributed by atoms with Gasteiger partial charge in [0.15, 0.2) is 0 Å². The van der Waals surface area contributed by atoms with Gasteiger partial charge in [-0.2, -0.15) is 0 Å². The molecule has 0 spiro atoms. The van der Waals surface area contributed by atoms with Crippen molar-refractivity contribution >= 4 is 15.9 Å². The van der Waals surface area contributed by atoms with Gasteiger partial charge >= 0.3 is 0 Å². The Bertz CT molecular complexity index is 459. The quantitative estimate of drug-likeness (QED) is 0.942. The van der Waals surface area contributed by atoms with Crippen molar-refractivity contribution in [3.05, 3.63) is 58.8 Å². The van der Waals surface area contributed by atoms with Crippen LogP contribution in [0.15, 0.2) is 53.3 Å². The van der Waals surface area contributed by atoms with Crippen molar-refractivity contribution in [2.75, 3.05) is 6.61 Å². The fourth-order valence-corrected chi connectivity index (χ4v) is 1.64. The summed E-state index contributed by atoms with van der Waals surface area (Å²) in [6.07, 6.45) is 2.65. The maximum atomic E-state index is 9.86. The largest absolute Gasteiger partial charge is 0.491 e. The average Bonchev–Trinajstić information content (AvgIpc) is 2.39. The van der Waals surface area contributed by atoms with Gasteiger partial charge in [-0.05, 0) is 30.3 Å². The van der Waals surface area contributed by atoms with Crippen LogP contribution < -0.4 is 4.74 Å². The zero-order chi connectivity index (χ0) is 12.1. The molecule has 0 aliphatic carbocycles. The predicted octanol–water partition coefficient (Wildman–Crippen LogP) is 2.96. The van der Waals surface area contributed by atoms with Crippen LogP contribution in [0.5, 0.6) is 5.75 Å². The molecule has 2 aromatic rings. The summed E-state index contributed by atoms with van der Waals surface area (Å²) >= 11 is 3.35. The maximum absolute atomic E-state index is 9.86. The number of aliphatic hydroxyl groups excluding tert-OH is 1. The number of hydrogen-bond donors (Lipinski definition) is 1. The van der Waals surface area contributed by atoms with Crippen LogP contribution in [0.3, 0.4) is 0 Å². The fourth-order valence-electron chi connectivity index (χ4n) is 1.38. The molecule has 17 heavy (non-hydrogen) atoms. The van der Waals surface area contributed by atoms with Crippen LogP contribution in [0.1, 0.15) is 11.7 Å². The van der Waals surface area contributed by atoms with Gasteiger partial charge in [0.05, 0.1) is 0 Å². The van der Waals surface area contributed by atoms with E-state index in [-0.39, 0.29) is 6.61 Å². The number of aromatic nitrogens is 1. The Morgan fingerprint density at radius 3 is 2.65 bits per heavy atom. The van der Waals surface area contributed by atoms with Crippen LogP contribution in [-0.4, -0.2) is 16.7 Å². The molecule has 1 unspecified atom stereocenters. The van der Waals surface area contributed by atoms with E-state index in [2.05, 4.69) is 20.9 Å². The zero-order valence-corrected chi connectivity index (χ0v) is 10.7. The van der Waals surface area contributed by atoms with Gasteiger partial charge in [-0.3, -0.25) is 4.98 Å². The summed E-state index contributed by atoms with van der Waals surface area (Å²) in [5, 5.41) is 9.86. The van der Waals surface area contributed by atoms with Crippen molar-refractivity contribution in [2.45, 2.75) is 6.10 Å². The van der Waals surface area contributed by atoms with E-state index in [1.807, 2.05) is 30.3 Å². The van der Waals surface area contributed by atoms with Gasteiger partial charge in [-0.1, -0.05) is 22.0 Å². The Kier molecular flexibility index (Phi) is 4.12. The molecular weight excluding hydrogens is 282 g/mol. The number of rotatable bonds is 4. The number of halogens is 1. The Morgan fingerprint density at radius 1 is 1.24 bits per heavy atom. The normalized spacial score (nSPS) is 12.1. The van der Waals surface area contributed by atoms with E-state index >= 15 is 0 Å². The number of benzene rings is 1. The highest BCUT2D eigenvalue weighted by atomic mass is 79.9. The van der Waals surface area contributed by atoms with Crippen molar-refractivity contribution in [3.8, 4) is 5.75 Å². The molecule has 4 heteroatoms. The standard InChI is InChI=1S/C13H12BrNO2/c14-11-3-5-12(6-4-11)17-9-13(16)10-2-1-7-15-8-10/h1-8,13,16H,9H2. The van der Waals surface area contributed by atoms with Gasteiger partial charge in [-0.25, -0.2) is 0 Å². The molecule has 0 aliphatic heterocycles. The molecule has 0 saturated heterocycles. The highest BCUT2D eigenvalue weighted by molar-refractivity contribution is 9.10. The molecule has 1 N–H and O–H groups in total. The highest BCUT2D eigenvalue weighted by Crippen LogP contribution is 2.18. The SMILES string of the molecule is OC(COc1ccc(Br)cc1)c1cccnc1. The van der Waals surface area contributed by atoms with Crippen molar-refractivity contribution in [2.24, 2.45) is 0 Å². The second-order valence-electron chi connectivity index (χ2n) is 3.57. The summed E-state index contributed by atoms with van der Waals surface area (Å²) in [6, 6.07) is 11.1. The molecule has 0 aliphatic rings. The third kappa shape index (κ3) is 3.54. The second kappa shape index (κ2) is 5.80. The first-order chi connectivity index (χ1) is 8.25. The minimum atomic E-state index is -0.660. The third-order valence-electron chi connectivity index (χ3n) is 2.29. The molecule has 1 aromatic carbocycles. The van der Waals surface area contributed by atoms with E-state index in [0.717, 1.165) is 15.8 Å². The molecule has 0 fully saturated rings. The van der Waals surface area contributed by atoms with Crippen LogP contribution in [0, 0.1) is 0 Å². The van der Waals surface area contributed by atoms with Gasteiger partial charge < -0.3 is 9.84 Å². The molecule has 1 atom stereocenters. The number of nitrogens with zero attached hydrogens (tertiary/aromatic N) is 1. The van der Waals surface area contributed by atoms with Gasteiger partial charge in [0.1, 0.15) is 18.5 Å². The van der Waals surface area contributed by atoms with Crippen LogP contribution in [0.25, 0.3) is 0 Å². The summed E-state index contributed by atoms with van der Waals surface area (Å²) in [5.74, 6) is 0.733. The van der Waals surface area contributed by atoms with Crippen LogP contribution >= 0.6 is 15.9 Å². The zero-order valence-electron chi connectivity index (χ0n) is 9.08. The summed E-state index contributed by atoms with van der Waals surface area (Å²) in [4.78, 5) is 3.95. The Hall–Kier alpha value is -1.39. The fraction of sp³-hybridized carbons (Fsp3) is 0.154. The number of ether oxygens (including phenoxy) is 1. The summed E-state index contributed by atoms with van der Waals surface area (Å²) < 4.78 is 6.48. The van der Waals surface area contributed by atoms with Crippen LogP contribution in [0.2, 0.25) is 0 Å². The minimum Gasteiger partial charge on any atom is -0.491 e. The predicted molar refractivity (Wildman–Crippen MR) is 68.8 cm³/mol. The maximum Gasteiger partial charge on any atom is 0.119 e. The molecule has 0 saturated carbocycles. The Balaban J connectivity index is 1.92. The number of hydrogen-bond acceptors (Lipinski definition) is 3. The first-order valence-electron chi connectivity index (χ1n) is 5.22. The molecule has 0 amide bonds. The van der Waals surface area contributed by atoms with E-state index in [0.29, 0.717) is 0 Å². The van der Waals surface area contributed by atoms with Gasteiger partial charge in [0.25, 0.3) is 0 Å².